The fourth-order valence-corrected chi connectivity index (χ4v) is 2.92. The van der Waals surface area contributed by atoms with E-state index in [4.69, 9.17) is 21.7 Å². The SMILES string of the molecule is C[C@H](C(=O)O)N1C(=O)/C(=C/C=C/c2ccco2)SC1=S. The third kappa shape index (κ3) is 3.00. The molecule has 1 amide bonds. The Morgan fingerprint density at radius 2 is 2.35 bits per heavy atom. The van der Waals surface area contributed by atoms with Crippen LogP contribution in [0.2, 0.25) is 0 Å². The van der Waals surface area contributed by atoms with E-state index in [0.29, 0.717) is 10.7 Å². The van der Waals surface area contributed by atoms with Crippen LogP contribution in [0.4, 0.5) is 0 Å². The molecule has 20 heavy (non-hydrogen) atoms. The van der Waals surface area contributed by atoms with Crippen LogP contribution in [0.1, 0.15) is 12.7 Å². The Bertz CT molecular complexity index is 604. The molecule has 1 aromatic heterocycles. The van der Waals surface area contributed by atoms with Crippen molar-refractivity contribution in [3.8, 4) is 0 Å². The largest absolute Gasteiger partial charge is 0.480 e. The lowest BCUT2D eigenvalue weighted by atomic mass is 10.3. The second-order valence-electron chi connectivity index (χ2n) is 3.96. The molecule has 104 valence electrons. The smallest absolute Gasteiger partial charge is 0.326 e. The molecule has 0 aromatic carbocycles. The van der Waals surface area contributed by atoms with Crippen LogP contribution >= 0.6 is 24.0 Å². The number of rotatable bonds is 4. The first kappa shape index (κ1) is 14.5. The zero-order valence-corrected chi connectivity index (χ0v) is 12.1. The molecular formula is C13H11NO4S2. The Balaban J connectivity index is 2.13. The first-order valence-corrected chi connectivity index (χ1v) is 6.93. The molecule has 1 aromatic rings. The van der Waals surface area contributed by atoms with Gasteiger partial charge < -0.3 is 9.52 Å². The van der Waals surface area contributed by atoms with Crippen LogP contribution < -0.4 is 0 Å². The van der Waals surface area contributed by atoms with Gasteiger partial charge in [0.15, 0.2) is 0 Å². The minimum Gasteiger partial charge on any atom is -0.480 e. The molecule has 0 spiro atoms. The molecule has 0 bridgehead atoms. The lowest BCUT2D eigenvalue weighted by molar-refractivity contribution is -0.144. The van der Waals surface area contributed by atoms with Crippen molar-refractivity contribution in [1.82, 2.24) is 4.90 Å². The second kappa shape index (κ2) is 6.06. The number of nitrogens with zero attached hydrogens (tertiary/aromatic N) is 1. The van der Waals surface area contributed by atoms with Gasteiger partial charge in [0.2, 0.25) is 0 Å². The highest BCUT2D eigenvalue weighted by molar-refractivity contribution is 8.26. The third-order valence-corrected chi connectivity index (χ3v) is 3.97. The zero-order chi connectivity index (χ0) is 14.7. The summed E-state index contributed by atoms with van der Waals surface area (Å²) in [7, 11) is 0. The topological polar surface area (TPSA) is 70.8 Å². The quantitative estimate of drug-likeness (QED) is 0.680. The van der Waals surface area contributed by atoms with E-state index >= 15 is 0 Å². The number of carbonyl (C=O) groups is 2. The molecule has 2 rings (SSSR count). The van der Waals surface area contributed by atoms with Gasteiger partial charge in [-0.25, -0.2) is 4.79 Å². The normalized spacial score (nSPS) is 19.2. The third-order valence-electron chi connectivity index (χ3n) is 2.62. The monoisotopic (exact) mass is 309 g/mol. The van der Waals surface area contributed by atoms with Gasteiger partial charge in [-0.15, -0.1) is 0 Å². The van der Waals surface area contributed by atoms with Crippen molar-refractivity contribution in [2.75, 3.05) is 0 Å². The van der Waals surface area contributed by atoms with Crippen molar-refractivity contribution in [2.45, 2.75) is 13.0 Å². The lowest BCUT2D eigenvalue weighted by Crippen LogP contribution is -2.41. The van der Waals surface area contributed by atoms with E-state index in [1.54, 1.807) is 36.6 Å². The molecule has 2 heterocycles. The van der Waals surface area contributed by atoms with Crippen LogP contribution in [0.15, 0.2) is 39.9 Å². The summed E-state index contributed by atoms with van der Waals surface area (Å²) in [5.41, 5.74) is 0. The number of carboxylic acid groups (broad SMARTS) is 1. The number of hydrogen-bond donors (Lipinski definition) is 1. The summed E-state index contributed by atoms with van der Waals surface area (Å²) < 4.78 is 5.37. The van der Waals surface area contributed by atoms with Crippen molar-refractivity contribution in [3.05, 3.63) is 41.2 Å². The van der Waals surface area contributed by atoms with E-state index < -0.39 is 12.0 Å². The zero-order valence-electron chi connectivity index (χ0n) is 10.5. The maximum atomic E-state index is 12.1. The molecule has 0 saturated carbocycles. The molecule has 7 heteroatoms. The summed E-state index contributed by atoms with van der Waals surface area (Å²) in [5, 5.41) is 8.96. The molecule has 1 aliphatic heterocycles. The second-order valence-corrected chi connectivity index (χ2v) is 5.64. The van der Waals surface area contributed by atoms with E-state index in [9.17, 15) is 9.59 Å². The summed E-state index contributed by atoms with van der Waals surface area (Å²) in [4.78, 5) is 24.5. The Hall–Kier alpha value is -1.86. The number of aliphatic carboxylic acids is 1. The molecule has 5 nitrogen and oxygen atoms in total. The summed E-state index contributed by atoms with van der Waals surface area (Å²) >= 11 is 6.13. The first-order chi connectivity index (χ1) is 9.50. The lowest BCUT2D eigenvalue weighted by Gasteiger charge is -2.18. The average Bonchev–Trinajstić information content (AvgIpc) is 2.98. The van der Waals surface area contributed by atoms with E-state index in [1.807, 2.05) is 0 Å². The molecule has 1 fully saturated rings. The van der Waals surface area contributed by atoms with Gasteiger partial charge in [0.1, 0.15) is 16.1 Å². The van der Waals surface area contributed by atoms with Crippen molar-refractivity contribution >= 4 is 46.3 Å². The molecule has 1 N–H and O–H groups in total. The highest BCUT2D eigenvalue weighted by Crippen LogP contribution is 2.32. The van der Waals surface area contributed by atoms with Crippen LogP contribution in [-0.4, -0.2) is 32.2 Å². The summed E-state index contributed by atoms with van der Waals surface area (Å²) in [5.74, 6) is -0.816. The predicted octanol–water partition coefficient (Wildman–Crippen LogP) is 2.51. The summed E-state index contributed by atoms with van der Waals surface area (Å²) in [6, 6.07) is 2.57. The standard InChI is InChI=1S/C13H11NO4S2/c1-8(12(16)17)14-11(15)10(20-13(14)19)6-2-4-9-5-3-7-18-9/h2-8H,1H3,(H,16,17)/b4-2+,10-6-/t8-/m1/s1. The minimum absolute atomic E-state index is 0.252. The molecule has 1 aliphatic rings. The van der Waals surface area contributed by atoms with Gasteiger partial charge in [0.05, 0.1) is 11.2 Å². The van der Waals surface area contributed by atoms with Crippen molar-refractivity contribution < 1.29 is 19.1 Å². The maximum absolute atomic E-state index is 12.1. The van der Waals surface area contributed by atoms with Crippen molar-refractivity contribution in [3.63, 3.8) is 0 Å². The average molecular weight is 309 g/mol. The highest BCUT2D eigenvalue weighted by atomic mass is 32.2. The summed E-state index contributed by atoms with van der Waals surface area (Å²) in [6.45, 7) is 1.43. The first-order valence-electron chi connectivity index (χ1n) is 5.70. The molecule has 0 aliphatic carbocycles. The maximum Gasteiger partial charge on any atom is 0.326 e. The Morgan fingerprint density at radius 3 is 2.95 bits per heavy atom. The van der Waals surface area contributed by atoms with E-state index in [2.05, 4.69) is 0 Å². The van der Waals surface area contributed by atoms with Gasteiger partial charge >= 0.3 is 5.97 Å². The van der Waals surface area contributed by atoms with Gasteiger partial charge in [-0.1, -0.05) is 30.1 Å². The molecule has 0 radical (unpaired) electrons. The predicted molar refractivity (Wildman–Crippen MR) is 80.0 cm³/mol. The molecule has 0 unspecified atom stereocenters. The number of carbonyl (C=O) groups excluding carboxylic acids is 1. The van der Waals surface area contributed by atoms with Gasteiger partial charge in [-0.05, 0) is 31.2 Å². The van der Waals surface area contributed by atoms with E-state index in [1.165, 1.54) is 6.92 Å². The van der Waals surface area contributed by atoms with E-state index in [-0.39, 0.29) is 10.2 Å². The van der Waals surface area contributed by atoms with Crippen LogP contribution in [0.3, 0.4) is 0 Å². The van der Waals surface area contributed by atoms with Crippen LogP contribution in [0.25, 0.3) is 6.08 Å². The Morgan fingerprint density at radius 1 is 1.60 bits per heavy atom. The number of thiocarbonyl (C=S) groups is 1. The minimum atomic E-state index is -1.09. The van der Waals surface area contributed by atoms with Gasteiger partial charge in [-0.2, -0.15) is 0 Å². The van der Waals surface area contributed by atoms with Gasteiger partial charge in [0.25, 0.3) is 5.91 Å². The number of amides is 1. The molecule has 1 atom stereocenters. The Labute approximate surface area is 124 Å². The number of furan rings is 1. The summed E-state index contributed by atoms with van der Waals surface area (Å²) in [6.07, 6.45) is 6.51. The Kier molecular flexibility index (Phi) is 4.41. The fourth-order valence-electron chi connectivity index (χ4n) is 1.55. The van der Waals surface area contributed by atoms with Crippen LogP contribution in [0, 0.1) is 0 Å². The molecular weight excluding hydrogens is 298 g/mol. The fraction of sp³-hybridized carbons (Fsp3) is 0.154. The van der Waals surface area contributed by atoms with E-state index in [0.717, 1.165) is 16.7 Å². The molecule has 1 saturated heterocycles. The van der Waals surface area contributed by atoms with Crippen molar-refractivity contribution in [2.24, 2.45) is 0 Å². The number of thioether (sulfide) groups is 1. The number of allylic oxidation sites excluding steroid dienone is 2. The van der Waals surface area contributed by atoms with Gasteiger partial charge in [0, 0.05) is 0 Å². The van der Waals surface area contributed by atoms with Crippen LogP contribution in [-0.2, 0) is 9.59 Å². The van der Waals surface area contributed by atoms with Gasteiger partial charge in [-0.3, -0.25) is 9.69 Å². The number of carboxylic acids is 1. The highest BCUT2D eigenvalue weighted by Gasteiger charge is 2.37. The van der Waals surface area contributed by atoms with Crippen LogP contribution in [0.5, 0.6) is 0 Å². The number of hydrogen-bond acceptors (Lipinski definition) is 5. The van der Waals surface area contributed by atoms with Crippen molar-refractivity contribution in [1.29, 1.82) is 0 Å².